The predicted octanol–water partition coefficient (Wildman–Crippen LogP) is -4.71. The molecule has 7 atom stereocenters. The van der Waals surface area contributed by atoms with Crippen molar-refractivity contribution in [3.63, 3.8) is 0 Å². The summed E-state index contributed by atoms with van der Waals surface area (Å²) in [4.78, 5) is 142. The summed E-state index contributed by atoms with van der Waals surface area (Å²) >= 11 is 0. The van der Waals surface area contributed by atoms with Crippen LogP contribution in [0.15, 0.2) is 62.6 Å². The number of carboxylic acid groups (broad SMARTS) is 1. The highest BCUT2D eigenvalue weighted by atomic mass is 16.4. The monoisotopic (exact) mass is 960 g/mol. The van der Waals surface area contributed by atoms with Crippen molar-refractivity contribution >= 4 is 47.3 Å². The maximum atomic E-state index is 14.3. The van der Waals surface area contributed by atoms with Crippen molar-refractivity contribution in [2.45, 2.75) is 94.7 Å². The number of imidazole rings is 5. The largest absolute Gasteiger partial charge is 0.480 e. The summed E-state index contributed by atoms with van der Waals surface area (Å²) in [7, 11) is 0. The minimum absolute atomic E-state index is 0.0544. The Morgan fingerprint density at radius 2 is 0.826 bits per heavy atom. The lowest BCUT2D eigenvalue weighted by Gasteiger charge is -2.26. The fourth-order valence-corrected chi connectivity index (χ4v) is 6.80. The first-order valence-electron chi connectivity index (χ1n) is 21.6. The molecule has 69 heavy (non-hydrogen) atoms. The van der Waals surface area contributed by atoms with Crippen LogP contribution in [0.4, 0.5) is 0 Å². The lowest BCUT2D eigenvalue weighted by molar-refractivity contribution is -0.143. The summed E-state index contributed by atoms with van der Waals surface area (Å²) < 4.78 is 0. The van der Waals surface area contributed by atoms with E-state index in [-0.39, 0.29) is 44.4 Å². The number of aliphatic hydroxyl groups is 1. The van der Waals surface area contributed by atoms with Crippen molar-refractivity contribution in [1.29, 1.82) is 0 Å². The number of carbonyl (C=O) groups excluding carboxylic acids is 7. The van der Waals surface area contributed by atoms with Crippen molar-refractivity contribution in [3.05, 3.63) is 91.1 Å². The van der Waals surface area contributed by atoms with Gasteiger partial charge in [-0.25, -0.2) is 29.7 Å². The average Bonchev–Trinajstić information content (AvgIpc) is 4.18. The van der Waals surface area contributed by atoms with Crippen molar-refractivity contribution < 1.29 is 48.6 Å². The Balaban J connectivity index is 1.32. The number of carboxylic acids is 1. The summed E-state index contributed by atoms with van der Waals surface area (Å²) in [6.45, 7) is 1.95. The second kappa shape index (κ2) is 25.6. The Labute approximate surface area is 392 Å². The Morgan fingerprint density at radius 3 is 1.16 bits per heavy atom. The molecule has 0 fully saturated rings. The third kappa shape index (κ3) is 16.5. The van der Waals surface area contributed by atoms with Crippen molar-refractivity contribution in [2.24, 2.45) is 11.7 Å². The number of H-pyrrole nitrogens is 5. The second-order valence-corrected chi connectivity index (χ2v) is 16.2. The lowest BCUT2D eigenvalue weighted by Crippen LogP contribution is -2.60. The maximum Gasteiger partial charge on any atom is 0.328 e. The number of nitrogens with two attached hydrogens (primary N) is 1. The van der Waals surface area contributed by atoms with Crippen LogP contribution in [0.25, 0.3) is 0 Å². The van der Waals surface area contributed by atoms with Crippen molar-refractivity contribution in [1.82, 2.24) is 87.1 Å². The summed E-state index contributed by atoms with van der Waals surface area (Å²) in [6, 6.07) is -9.50. The zero-order valence-corrected chi connectivity index (χ0v) is 37.5. The molecule has 0 radical (unpaired) electrons. The quantitative estimate of drug-likeness (QED) is 0.0224. The maximum absolute atomic E-state index is 14.3. The number of hydrogen-bond donors (Lipinski definition) is 15. The molecule has 0 aromatic carbocycles. The molecule has 28 nitrogen and oxygen atoms in total. The highest BCUT2D eigenvalue weighted by Crippen LogP contribution is 2.09. The van der Waals surface area contributed by atoms with Gasteiger partial charge in [0.15, 0.2) is 0 Å². The van der Waals surface area contributed by atoms with Gasteiger partial charge in [-0.05, 0) is 12.3 Å². The number of nitrogens with zero attached hydrogens (tertiary/aromatic N) is 5. The van der Waals surface area contributed by atoms with E-state index in [9.17, 15) is 48.6 Å². The molecule has 16 N–H and O–H groups in total. The Hall–Kier alpha value is -8.27. The number of carbonyl (C=O) groups is 8. The van der Waals surface area contributed by atoms with Gasteiger partial charge in [0.05, 0.1) is 79.3 Å². The van der Waals surface area contributed by atoms with Gasteiger partial charge in [-0.2, -0.15) is 0 Å². The molecule has 0 saturated heterocycles. The fourth-order valence-electron chi connectivity index (χ4n) is 6.80. The summed E-state index contributed by atoms with van der Waals surface area (Å²) in [5.74, 6) is -7.41. The number of aliphatic carboxylic acids is 1. The Morgan fingerprint density at radius 1 is 0.493 bits per heavy atom. The summed E-state index contributed by atoms with van der Waals surface area (Å²) in [6.07, 6.45) is 13.9. The van der Waals surface area contributed by atoms with Crippen LogP contribution in [0.1, 0.15) is 48.7 Å². The molecule has 0 aliphatic carbocycles. The molecule has 0 spiro atoms. The number of aromatic nitrogens is 10. The van der Waals surface area contributed by atoms with Gasteiger partial charge in [0, 0.05) is 63.1 Å². The normalized spacial score (nSPS) is 14.2. The van der Waals surface area contributed by atoms with Crippen LogP contribution >= 0.6 is 0 Å². The molecule has 5 rings (SSSR count). The van der Waals surface area contributed by atoms with E-state index < -0.39 is 103 Å². The van der Waals surface area contributed by atoms with Crippen molar-refractivity contribution in [3.8, 4) is 0 Å². The minimum atomic E-state index is -1.62. The van der Waals surface area contributed by atoms with E-state index in [1.165, 1.54) is 56.4 Å². The standard InChI is InChI=1S/C41H56N18O10/c1-21(2)3-28(37(64)59-33(15-60)41(68)69)54-34(61)14-48-36(63)29(5-23-10-44-17-50-23)56-39(66)31(7-25-12-46-19-52-25)58-40(67)32(8-26-13-47-20-53-26)57-38(65)30(6-24-11-45-18-51-24)55-35(62)27(42)4-22-9-43-16-49-22/h9-13,16-21,27-33,60H,3-8,14-15,42H2,1-2H3,(H,43,49)(H,44,50)(H,45,51)(H,46,52)(H,47,53)(H,48,63)(H,54,61)(H,55,62)(H,56,66)(H,57,65)(H,58,67)(H,59,64)(H,68,69)/t27-,28-,29-,30-,31-,32-,33-/m0/s1. The summed E-state index contributed by atoms with van der Waals surface area (Å²) in [5.41, 5.74) is 8.10. The molecule has 0 saturated carbocycles. The Kier molecular flexibility index (Phi) is 19.2. The first kappa shape index (κ1) is 51.7. The number of nitrogens with one attached hydrogen (secondary N) is 12. The number of hydrogen-bond acceptors (Lipinski definition) is 15. The molecule has 5 aromatic rings. The third-order valence-corrected chi connectivity index (χ3v) is 10.3. The average molecular weight is 961 g/mol. The van der Waals surface area contributed by atoms with E-state index in [0.29, 0.717) is 28.5 Å². The van der Waals surface area contributed by atoms with E-state index in [1.54, 1.807) is 20.0 Å². The zero-order chi connectivity index (χ0) is 49.9. The van der Waals surface area contributed by atoms with Gasteiger partial charge in [0.1, 0.15) is 36.3 Å². The zero-order valence-electron chi connectivity index (χ0n) is 37.5. The van der Waals surface area contributed by atoms with E-state index in [1.807, 2.05) is 0 Å². The number of aliphatic hydroxyl groups excluding tert-OH is 1. The van der Waals surface area contributed by atoms with Crippen LogP contribution in [0.5, 0.6) is 0 Å². The van der Waals surface area contributed by atoms with Gasteiger partial charge in [-0.15, -0.1) is 0 Å². The highest BCUT2D eigenvalue weighted by molar-refractivity contribution is 5.97. The van der Waals surface area contributed by atoms with E-state index in [4.69, 9.17) is 5.73 Å². The summed E-state index contributed by atoms with van der Waals surface area (Å²) in [5, 5.41) is 36.3. The van der Waals surface area contributed by atoms with Gasteiger partial charge >= 0.3 is 5.97 Å². The van der Waals surface area contributed by atoms with E-state index in [2.05, 4.69) is 87.1 Å². The van der Waals surface area contributed by atoms with Crippen LogP contribution in [0, 0.1) is 5.92 Å². The minimum Gasteiger partial charge on any atom is -0.480 e. The number of amides is 7. The van der Waals surface area contributed by atoms with Gasteiger partial charge in [0.2, 0.25) is 41.4 Å². The first-order valence-corrected chi connectivity index (χ1v) is 21.6. The molecule has 370 valence electrons. The molecule has 5 heterocycles. The predicted molar refractivity (Wildman–Crippen MR) is 238 cm³/mol. The second-order valence-electron chi connectivity index (χ2n) is 16.2. The smallest absolute Gasteiger partial charge is 0.328 e. The van der Waals surface area contributed by atoms with Gasteiger partial charge in [0.25, 0.3) is 0 Å². The molecule has 0 aliphatic rings. The van der Waals surface area contributed by atoms with Crippen LogP contribution < -0.4 is 43.0 Å². The van der Waals surface area contributed by atoms with Crippen LogP contribution in [-0.2, 0) is 70.5 Å². The third-order valence-electron chi connectivity index (χ3n) is 10.3. The number of rotatable bonds is 28. The molecular formula is C41H56N18O10. The van der Waals surface area contributed by atoms with Gasteiger partial charge in [-0.3, -0.25) is 33.6 Å². The molecule has 7 amide bonds. The molecule has 0 bridgehead atoms. The Bertz CT molecular complexity index is 2410. The van der Waals surface area contributed by atoms with Crippen LogP contribution in [0.3, 0.4) is 0 Å². The van der Waals surface area contributed by atoms with E-state index in [0.717, 1.165) is 0 Å². The molecule has 0 aliphatic heterocycles. The molecule has 5 aromatic heterocycles. The fraction of sp³-hybridized carbons (Fsp3) is 0.439. The topological polar surface area (TPSA) is 431 Å². The van der Waals surface area contributed by atoms with Crippen molar-refractivity contribution in [2.75, 3.05) is 13.2 Å². The number of aromatic amines is 5. The van der Waals surface area contributed by atoms with Crippen LogP contribution in [-0.4, -0.2) is 163 Å². The lowest BCUT2D eigenvalue weighted by atomic mass is 10.0. The molecular weight excluding hydrogens is 905 g/mol. The van der Waals surface area contributed by atoms with Gasteiger partial charge in [-0.1, -0.05) is 13.8 Å². The van der Waals surface area contributed by atoms with Gasteiger partial charge < -0.3 is 78.1 Å². The highest BCUT2D eigenvalue weighted by Gasteiger charge is 2.34. The SMILES string of the molecule is CC(C)C[C@H](NC(=O)CNC(=O)[C@H](Cc1c[nH]cn1)NC(=O)[C@H](Cc1c[nH]cn1)NC(=O)[C@H](Cc1c[nH]cn1)NC(=O)[C@H](Cc1c[nH]cn1)NC(=O)[C@@H](N)Cc1c[nH]cn1)C(=O)N[C@@H](CO)C(=O)O. The van der Waals surface area contributed by atoms with E-state index >= 15 is 0 Å². The first-order chi connectivity index (χ1) is 33.1. The van der Waals surface area contributed by atoms with Crippen LogP contribution in [0.2, 0.25) is 0 Å². The molecule has 0 unspecified atom stereocenters. The molecule has 28 heteroatoms.